The van der Waals surface area contributed by atoms with Crippen LogP contribution in [0.4, 0.5) is 19.0 Å². The largest absolute Gasteiger partial charge is 0.433 e. The molecule has 35 heavy (non-hydrogen) atoms. The summed E-state index contributed by atoms with van der Waals surface area (Å²) in [6, 6.07) is 5.77. The number of fused-ring (bicyclic) bond motifs is 1. The first-order chi connectivity index (χ1) is 16.6. The topological polar surface area (TPSA) is 91.0 Å². The lowest BCUT2D eigenvalue weighted by Gasteiger charge is -2.28. The molecule has 0 aromatic carbocycles. The van der Waals surface area contributed by atoms with Crippen molar-refractivity contribution in [3.05, 3.63) is 64.7 Å². The van der Waals surface area contributed by atoms with Crippen LogP contribution in [0.5, 0.6) is 0 Å². The van der Waals surface area contributed by atoms with Crippen molar-refractivity contribution in [1.82, 2.24) is 29.3 Å². The molecule has 0 radical (unpaired) electrons. The summed E-state index contributed by atoms with van der Waals surface area (Å²) >= 11 is 0. The minimum atomic E-state index is -4.53. The molecule has 5 rings (SSSR count). The summed E-state index contributed by atoms with van der Waals surface area (Å²) in [5.74, 6) is 1.03. The Morgan fingerprint density at radius 2 is 1.83 bits per heavy atom. The summed E-state index contributed by atoms with van der Waals surface area (Å²) in [7, 11) is 3.51. The van der Waals surface area contributed by atoms with E-state index in [0.717, 1.165) is 12.3 Å². The van der Waals surface area contributed by atoms with Crippen LogP contribution in [0.25, 0.3) is 22.2 Å². The lowest BCUT2D eigenvalue weighted by Crippen LogP contribution is -2.37. The highest BCUT2D eigenvalue weighted by molar-refractivity contribution is 5.92. The average Bonchev–Trinajstić information content (AvgIpc) is 3.33. The minimum Gasteiger partial charge on any atom is -0.378 e. The van der Waals surface area contributed by atoms with Gasteiger partial charge in [0.05, 0.1) is 18.6 Å². The zero-order valence-corrected chi connectivity index (χ0v) is 19.5. The average molecular weight is 487 g/mol. The number of anilines is 1. The fourth-order valence-electron chi connectivity index (χ4n) is 3.57. The quantitative estimate of drug-likeness (QED) is 0.429. The first kappa shape index (κ1) is 24.3. The first-order valence-corrected chi connectivity index (χ1v) is 10.8. The number of rotatable bonds is 2. The molecule has 12 heteroatoms. The molecule has 0 amide bonds. The molecule has 0 bridgehead atoms. The molecule has 1 fully saturated rings. The van der Waals surface area contributed by atoms with Crippen LogP contribution in [0.15, 0.2) is 47.7 Å². The molecule has 9 nitrogen and oxygen atoms in total. The Balaban J connectivity index is 0.000000421. The van der Waals surface area contributed by atoms with E-state index in [9.17, 15) is 18.0 Å². The number of hydrogen-bond donors (Lipinski definition) is 0. The highest BCUT2D eigenvalue weighted by Gasteiger charge is 2.32. The molecule has 0 N–H and O–H groups in total. The Morgan fingerprint density at radius 1 is 1.09 bits per heavy atom. The molecular weight excluding hydrogens is 463 g/mol. The van der Waals surface area contributed by atoms with Crippen LogP contribution in [0.3, 0.4) is 0 Å². The van der Waals surface area contributed by atoms with E-state index in [2.05, 4.69) is 20.1 Å². The summed E-state index contributed by atoms with van der Waals surface area (Å²) in [5, 5.41) is 4.18. The maximum atomic E-state index is 12.9. The molecule has 1 aliphatic heterocycles. The fourth-order valence-corrected chi connectivity index (χ4v) is 3.57. The molecule has 0 spiro atoms. The van der Waals surface area contributed by atoms with E-state index >= 15 is 0 Å². The normalized spacial score (nSPS) is 14.1. The zero-order chi connectivity index (χ0) is 25.2. The Kier molecular flexibility index (Phi) is 6.83. The van der Waals surface area contributed by atoms with E-state index in [1.807, 2.05) is 24.2 Å². The van der Waals surface area contributed by atoms with Gasteiger partial charge in [0.1, 0.15) is 28.5 Å². The molecule has 4 aromatic heterocycles. The van der Waals surface area contributed by atoms with Crippen molar-refractivity contribution in [2.24, 2.45) is 14.1 Å². The predicted octanol–water partition coefficient (Wildman–Crippen LogP) is 2.97. The summed E-state index contributed by atoms with van der Waals surface area (Å²) in [6.45, 7) is 3.94. The SMILES string of the molecule is Cc1nc2c(-c3ccc(C(F)(F)F)nc3)nc(N3CCOCC3)cc2c(=O)n1C.Cn1cccn1. The second-order valence-electron chi connectivity index (χ2n) is 7.96. The Labute approximate surface area is 198 Å². The molecule has 0 atom stereocenters. The number of hydrogen-bond acceptors (Lipinski definition) is 7. The summed E-state index contributed by atoms with van der Waals surface area (Å²) in [4.78, 5) is 27.5. The van der Waals surface area contributed by atoms with E-state index in [0.29, 0.717) is 60.1 Å². The second kappa shape index (κ2) is 9.82. The van der Waals surface area contributed by atoms with Crippen LogP contribution in [0.2, 0.25) is 0 Å². The Morgan fingerprint density at radius 3 is 2.37 bits per heavy atom. The molecule has 4 aromatic rings. The van der Waals surface area contributed by atoms with Crippen LogP contribution in [0.1, 0.15) is 11.5 Å². The maximum absolute atomic E-state index is 12.9. The van der Waals surface area contributed by atoms with E-state index in [4.69, 9.17) is 4.74 Å². The van der Waals surface area contributed by atoms with Gasteiger partial charge in [-0.1, -0.05) is 0 Å². The van der Waals surface area contributed by atoms with Gasteiger partial charge in [-0.25, -0.2) is 9.97 Å². The summed E-state index contributed by atoms with van der Waals surface area (Å²) in [6.07, 6.45) is 0.219. The molecule has 1 saturated heterocycles. The molecule has 184 valence electrons. The lowest BCUT2D eigenvalue weighted by molar-refractivity contribution is -0.141. The van der Waals surface area contributed by atoms with Gasteiger partial charge < -0.3 is 9.64 Å². The highest BCUT2D eigenvalue weighted by Crippen LogP contribution is 2.31. The lowest BCUT2D eigenvalue weighted by atomic mass is 10.1. The van der Waals surface area contributed by atoms with E-state index in [-0.39, 0.29) is 5.56 Å². The van der Waals surface area contributed by atoms with Crippen molar-refractivity contribution >= 4 is 16.7 Å². The number of morpholine rings is 1. The Bertz CT molecular complexity index is 1360. The van der Waals surface area contributed by atoms with Gasteiger partial charge >= 0.3 is 6.18 Å². The molecule has 1 aliphatic rings. The third-order valence-electron chi connectivity index (χ3n) is 5.57. The van der Waals surface area contributed by atoms with E-state index in [1.54, 1.807) is 30.9 Å². The molecule has 5 heterocycles. The Hall–Kier alpha value is -3.80. The summed E-state index contributed by atoms with van der Waals surface area (Å²) in [5.41, 5.74) is -0.214. The van der Waals surface area contributed by atoms with Crippen molar-refractivity contribution < 1.29 is 17.9 Å². The minimum absolute atomic E-state index is 0.245. The maximum Gasteiger partial charge on any atom is 0.433 e. The predicted molar refractivity (Wildman–Crippen MR) is 124 cm³/mol. The molecule has 0 aliphatic carbocycles. The van der Waals surface area contributed by atoms with Crippen molar-refractivity contribution in [3.8, 4) is 11.3 Å². The van der Waals surface area contributed by atoms with Gasteiger partial charge in [0.25, 0.3) is 5.56 Å². The molecule has 0 unspecified atom stereocenters. The van der Waals surface area contributed by atoms with E-state index in [1.165, 1.54) is 10.6 Å². The number of aromatic nitrogens is 6. The fraction of sp³-hybridized carbons (Fsp3) is 0.348. The third kappa shape index (κ3) is 5.32. The van der Waals surface area contributed by atoms with Gasteiger partial charge in [-0.2, -0.15) is 18.3 Å². The van der Waals surface area contributed by atoms with Crippen LogP contribution in [0, 0.1) is 6.92 Å². The van der Waals surface area contributed by atoms with Crippen LogP contribution in [-0.4, -0.2) is 55.6 Å². The van der Waals surface area contributed by atoms with E-state index < -0.39 is 11.9 Å². The van der Waals surface area contributed by atoms with Gasteiger partial charge in [0, 0.05) is 51.3 Å². The number of nitrogens with zero attached hydrogens (tertiary/aromatic N) is 7. The molecule has 0 saturated carbocycles. The van der Waals surface area contributed by atoms with Crippen LogP contribution >= 0.6 is 0 Å². The van der Waals surface area contributed by atoms with Gasteiger partial charge in [-0.3, -0.25) is 19.0 Å². The van der Waals surface area contributed by atoms with Gasteiger partial charge in [-0.15, -0.1) is 0 Å². The van der Waals surface area contributed by atoms with Crippen LogP contribution < -0.4 is 10.5 Å². The standard InChI is InChI=1S/C19H18F3N5O2.C4H6N2/c1-11-24-17-13(18(28)26(11)2)9-15(27-5-7-29-8-6-27)25-16(17)12-3-4-14(23-10-12)19(20,21)22;1-6-4-2-3-5-6/h3-4,9-10H,5-8H2,1-2H3;2-4H,1H3. The van der Waals surface area contributed by atoms with Gasteiger partial charge in [-0.05, 0) is 31.2 Å². The number of halogens is 3. The zero-order valence-electron chi connectivity index (χ0n) is 19.5. The van der Waals surface area contributed by atoms with Crippen molar-refractivity contribution in [1.29, 1.82) is 0 Å². The number of alkyl halides is 3. The number of ether oxygens (including phenoxy) is 1. The highest BCUT2D eigenvalue weighted by atomic mass is 19.4. The van der Waals surface area contributed by atoms with Crippen molar-refractivity contribution in [2.75, 3.05) is 31.2 Å². The van der Waals surface area contributed by atoms with Crippen molar-refractivity contribution in [2.45, 2.75) is 13.1 Å². The third-order valence-corrected chi connectivity index (χ3v) is 5.57. The van der Waals surface area contributed by atoms with Gasteiger partial charge in [0.15, 0.2) is 0 Å². The summed E-state index contributed by atoms with van der Waals surface area (Å²) < 4.78 is 47.2. The second-order valence-corrected chi connectivity index (χ2v) is 7.96. The van der Waals surface area contributed by atoms with Crippen molar-refractivity contribution in [3.63, 3.8) is 0 Å². The van der Waals surface area contributed by atoms with Gasteiger partial charge in [0.2, 0.25) is 0 Å². The number of pyridine rings is 2. The van der Waals surface area contributed by atoms with Crippen LogP contribution in [-0.2, 0) is 25.0 Å². The molecular formula is C23H24F3N7O2. The first-order valence-electron chi connectivity index (χ1n) is 10.8. The monoisotopic (exact) mass is 487 g/mol. The number of aryl methyl sites for hydroxylation is 2. The smallest absolute Gasteiger partial charge is 0.378 e.